The number of phenolic OH excluding ortho intramolecular Hbond substituents is 1. The summed E-state index contributed by atoms with van der Waals surface area (Å²) in [6, 6.07) is 6.26. The highest BCUT2D eigenvalue weighted by Gasteiger charge is 2.10. The summed E-state index contributed by atoms with van der Waals surface area (Å²) >= 11 is 5.37. The molecule has 0 aliphatic heterocycles. The van der Waals surface area contributed by atoms with Crippen LogP contribution in [-0.2, 0) is 0 Å². The number of carbonyl (C=O) groups is 1. The van der Waals surface area contributed by atoms with Gasteiger partial charge < -0.3 is 5.11 Å². The van der Waals surface area contributed by atoms with Crippen LogP contribution in [0, 0.1) is 0 Å². The van der Waals surface area contributed by atoms with Crippen LogP contribution in [0.25, 0.3) is 10.9 Å². The fourth-order valence-corrected chi connectivity index (χ4v) is 1.47. The van der Waals surface area contributed by atoms with Gasteiger partial charge in [-0.1, -0.05) is 0 Å². The Labute approximate surface area is 85.0 Å². The van der Waals surface area contributed by atoms with Gasteiger partial charge in [0.1, 0.15) is 5.75 Å². The van der Waals surface area contributed by atoms with Crippen molar-refractivity contribution < 1.29 is 9.90 Å². The van der Waals surface area contributed by atoms with E-state index in [1.165, 1.54) is 12.1 Å². The molecule has 0 aliphatic carbocycles. The third kappa shape index (κ3) is 1.32. The van der Waals surface area contributed by atoms with Gasteiger partial charge in [0.2, 0.25) is 0 Å². The fraction of sp³-hybridized carbons (Fsp3) is 0. The van der Waals surface area contributed by atoms with Crippen molar-refractivity contribution in [2.75, 3.05) is 0 Å². The summed E-state index contributed by atoms with van der Waals surface area (Å²) in [5, 5.41) is 9.43. The predicted molar refractivity (Wildman–Crippen MR) is 53.6 cm³/mol. The molecule has 1 aromatic carbocycles. The van der Waals surface area contributed by atoms with E-state index in [0.29, 0.717) is 16.5 Å². The Kier molecular flexibility index (Phi) is 2.09. The van der Waals surface area contributed by atoms with Gasteiger partial charge in [0, 0.05) is 11.6 Å². The number of pyridine rings is 1. The van der Waals surface area contributed by atoms with Crippen LogP contribution in [-0.4, -0.2) is 15.3 Å². The third-order valence-electron chi connectivity index (χ3n) is 1.96. The van der Waals surface area contributed by atoms with Crippen LogP contribution in [0.4, 0.5) is 0 Å². The van der Waals surface area contributed by atoms with Crippen molar-refractivity contribution >= 4 is 27.7 Å². The zero-order valence-electron chi connectivity index (χ0n) is 7.07. The van der Waals surface area contributed by atoms with Crippen LogP contribution >= 0.6 is 11.6 Å². The van der Waals surface area contributed by atoms with E-state index < -0.39 is 5.24 Å². The molecule has 0 spiro atoms. The molecule has 0 amide bonds. The molecule has 1 aromatic heterocycles. The van der Waals surface area contributed by atoms with Gasteiger partial charge in [-0.05, 0) is 35.9 Å². The largest absolute Gasteiger partial charge is 0.507 e. The quantitative estimate of drug-likeness (QED) is 0.731. The van der Waals surface area contributed by atoms with E-state index >= 15 is 0 Å². The molecule has 0 fully saturated rings. The van der Waals surface area contributed by atoms with Gasteiger partial charge in [-0.25, -0.2) is 0 Å². The number of halogens is 1. The molecule has 0 saturated heterocycles. The highest BCUT2D eigenvalue weighted by Crippen LogP contribution is 2.26. The van der Waals surface area contributed by atoms with Crippen LogP contribution in [0.15, 0.2) is 30.5 Å². The Morgan fingerprint density at radius 2 is 2.14 bits per heavy atom. The molecule has 0 bridgehead atoms. The summed E-state index contributed by atoms with van der Waals surface area (Å²) in [7, 11) is 0. The minimum Gasteiger partial charge on any atom is -0.507 e. The number of hydrogen-bond donors (Lipinski definition) is 1. The van der Waals surface area contributed by atoms with Crippen LogP contribution in [0.5, 0.6) is 5.75 Å². The van der Waals surface area contributed by atoms with Gasteiger partial charge in [0.05, 0.1) is 11.1 Å². The molecule has 3 nitrogen and oxygen atoms in total. The second-order valence-electron chi connectivity index (χ2n) is 2.81. The topological polar surface area (TPSA) is 50.2 Å². The highest BCUT2D eigenvalue weighted by molar-refractivity contribution is 6.68. The average Bonchev–Trinajstić information content (AvgIpc) is 2.18. The number of benzene rings is 1. The van der Waals surface area contributed by atoms with Crippen molar-refractivity contribution in [3.05, 3.63) is 36.0 Å². The molecule has 70 valence electrons. The maximum atomic E-state index is 11.0. The summed E-state index contributed by atoms with van der Waals surface area (Å²) in [5.74, 6) is 0.0924. The van der Waals surface area contributed by atoms with Crippen LogP contribution in [0.2, 0.25) is 0 Å². The number of hydrogen-bond acceptors (Lipinski definition) is 3. The van der Waals surface area contributed by atoms with E-state index in [-0.39, 0.29) is 5.75 Å². The summed E-state index contributed by atoms with van der Waals surface area (Å²) in [6.07, 6.45) is 1.55. The third-order valence-corrected chi connectivity index (χ3v) is 2.16. The molecule has 0 unspecified atom stereocenters. The Bertz CT molecular complexity index is 510. The van der Waals surface area contributed by atoms with Crippen LogP contribution in [0.3, 0.4) is 0 Å². The maximum absolute atomic E-state index is 11.0. The number of aromatic hydroxyl groups is 1. The van der Waals surface area contributed by atoms with Gasteiger partial charge in [-0.15, -0.1) is 0 Å². The zero-order valence-corrected chi connectivity index (χ0v) is 7.82. The number of nitrogens with zero attached hydrogens (tertiary/aromatic N) is 1. The summed E-state index contributed by atoms with van der Waals surface area (Å²) in [4.78, 5) is 15.0. The lowest BCUT2D eigenvalue weighted by molar-refractivity contribution is 0.108. The van der Waals surface area contributed by atoms with E-state index in [0.717, 1.165) is 0 Å². The number of phenols is 1. The lowest BCUT2D eigenvalue weighted by Gasteiger charge is -2.02. The SMILES string of the molecule is O=C(Cl)c1ccc(O)c2cccnc12. The standard InChI is InChI=1S/C10H6ClNO2/c11-10(14)7-3-4-8(13)6-2-1-5-12-9(6)7/h1-5,13H. The first-order chi connectivity index (χ1) is 6.70. The Morgan fingerprint density at radius 3 is 2.86 bits per heavy atom. The molecule has 1 heterocycles. The molecule has 0 atom stereocenters. The molecular weight excluding hydrogens is 202 g/mol. The molecular formula is C10H6ClNO2. The van der Waals surface area contributed by atoms with Crippen molar-refractivity contribution in [1.82, 2.24) is 4.98 Å². The fourth-order valence-electron chi connectivity index (χ4n) is 1.32. The Morgan fingerprint density at radius 1 is 1.36 bits per heavy atom. The number of carbonyl (C=O) groups excluding carboxylic acids is 1. The molecule has 2 aromatic rings. The van der Waals surface area contributed by atoms with Crippen molar-refractivity contribution in [3.8, 4) is 5.75 Å². The molecule has 0 saturated carbocycles. The van der Waals surface area contributed by atoms with Gasteiger partial charge >= 0.3 is 0 Å². The summed E-state index contributed by atoms with van der Waals surface area (Å²) in [6.45, 7) is 0. The van der Waals surface area contributed by atoms with Crippen molar-refractivity contribution in [1.29, 1.82) is 0 Å². The lowest BCUT2D eigenvalue weighted by atomic mass is 10.1. The molecule has 2 rings (SSSR count). The van der Waals surface area contributed by atoms with Crippen molar-refractivity contribution in [2.24, 2.45) is 0 Å². The van der Waals surface area contributed by atoms with E-state index in [1.54, 1.807) is 18.3 Å². The Balaban J connectivity index is 2.88. The van der Waals surface area contributed by atoms with E-state index in [1.807, 2.05) is 0 Å². The summed E-state index contributed by atoms with van der Waals surface area (Å²) < 4.78 is 0. The molecule has 0 aliphatic rings. The van der Waals surface area contributed by atoms with Gasteiger partial charge in [0.25, 0.3) is 5.24 Å². The monoisotopic (exact) mass is 207 g/mol. The average molecular weight is 208 g/mol. The van der Waals surface area contributed by atoms with Crippen LogP contribution in [0.1, 0.15) is 10.4 Å². The summed E-state index contributed by atoms with van der Waals surface area (Å²) in [5.41, 5.74) is 0.729. The van der Waals surface area contributed by atoms with Gasteiger partial charge in [0.15, 0.2) is 0 Å². The number of aromatic nitrogens is 1. The normalized spacial score (nSPS) is 10.4. The minimum atomic E-state index is -0.575. The number of rotatable bonds is 1. The minimum absolute atomic E-state index is 0.0924. The maximum Gasteiger partial charge on any atom is 0.254 e. The first-order valence-corrected chi connectivity index (χ1v) is 4.34. The van der Waals surface area contributed by atoms with E-state index in [4.69, 9.17) is 11.6 Å². The van der Waals surface area contributed by atoms with Gasteiger partial charge in [-0.2, -0.15) is 0 Å². The lowest BCUT2D eigenvalue weighted by Crippen LogP contribution is -1.92. The molecule has 4 heteroatoms. The first-order valence-electron chi connectivity index (χ1n) is 3.96. The first kappa shape index (κ1) is 8.97. The van der Waals surface area contributed by atoms with E-state index in [9.17, 15) is 9.90 Å². The van der Waals surface area contributed by atoms with Crippen LogP contribution < -0.4 is 0 Å². The Hall–Kier alpha value is -1.61. The molecule has 14 heavy (non-hydrogen) atoms. The highest BCUT2D eigenvalue weighted by atomic mass is 35.5. The van der Waals surface area contributed by atoms with Crippen molar-refractivity contribution in [3.63, 3.8) is 0 Å². The second kappa shape index (κ2) is 3.27. The molecule has 1 N–H and O–H groups in total. The zero-order chi connectivity index (χ0) is 10.1. The van der Waals surface area contributed by atoms with Gasteiger partial charge in [-0.3, -0.25) is 9.78 Å². The second-order valence-corrected chi connectivity index (χ2v) is 3.15. The predicted octanol–water partition coefficient (Wildman–Crippen LogP) is 2.32. The molecule has 0 radical (unpaired) electrons. The number of fused-ring (bicyclic) bond motifs is 1. The van der Waals surface area contributed by atoms with Crippen molar-refractivity contribution in [2.45, 2.75) is 0 Å². The smallest absolute Gasteiger partial charge is 0.254 e. The van der Waals surface area contributed by atoms with E-state index in [2.05, 4.69) is 4.98 Å².